The highest BCUT2D eigenvalue weighted by Crippen LogP contribution is 2.29. The van der Waals surface area contributed by atoms with Gasteiger partial charge in [0.25, 0.3) is 0 Å². The van der Waals surface area contributed by atoms with E-state index in [2.05, 4.69) is 12.2 Å². The van der Waals surface area contributed by atoms with E-state index in [9.17, 15) is 0 Å². The second-order valence-corrected chi connectivity index (χ2v) is 7.64. The summed E-state index contributed by atoms with van der Waals surface area (Å²) in [7, 11) is 3.05. The van der Waals surface area contributed by atoms with E-state index in [1.54, 1.807) is 32.5 Å². The fourth-order valence-corrected chi connectivity index (χ4v) is 3.48. The Morgan fingerprint density at radius 1 is 0.667 bits per heavy atom. The molecule has 0 bridgehead atoms. The molecule has 0 amide bonds. The third-order valence-electron chi connectivity index (χ3n) is 4.07. The van der Waals surface area contributed by atoms with Gasteiger partial charge in [0.1, 0.15) is 0 Å². The van der Waals surface area contributed by atoms with Crippen molar-refractivity contribution in [2.45, 2.75) is 64.2 Å². The quantitative estimate of drug-likeness (QED) is 0.720. The first-order valence-electron chi connectivity index (χ1n) is 8.28. The molecule has 0 saturated carbocycles. The van der Waals surface area contributed by atoms with E-state index < -0.39 is 9.53 Å². The predicted molar refractivity (Wildman–Crippen MR) is 90.5 cm³/mol. The highest BCUT2D eigenvalue weighted by atomic mass is 28.3. The molecule has 0 unspecified atom stereocenters. The summed E-state index contributed by atoms with van der Waals surface area (Å²) in [6, 6.07) is 0. The van der Waals surface area contributed by atoms with Crippen LogP contribution >= 0.6 is 0 Å². The zero-order valence-corrected chi connectivity index (χ0v) is 15.2. The van der Waals surface area contributed by atoms with E-state index in [0.29, 0.717) is 0 Å². The first-order valence-corrected chi connectivity index (χ1v) is 9.70. The highest BCUT2D eigenvalue weighted by molar-refractivity contribution is 6.36. The third kappa shape index (κ3) is 7.95. The van der Waals surface area contributed by atoms with Gasteiger partial charge in [0.2, 0.25) is 0 Å². The topological polar surface area (TPSA) is 27.7 Å². The molecule has 21 heavy (non-hydrogen) atoms. The van der Waals surface area contributed by atoms with Gasteiger partial charge in [0, 0.05) is 21.3 Å². The van der Waals surface area contributed by atoms with E-state index >= 15 is 0 Å². The SMILES string of the molecule is C1=C(C2=CCCCCC2)CCCCC1.CO[SiH](OC)OC. The molecule has 0 saturated heterocycles. The van der Waals surface area contributed by atoms with E-state index in [1.165, 1.54) is 64.2 Å². The summed E-state index contributed by atoms with van der Waals surface area (Å²) in [6.45, 7) is 0. The normalized spacial score (nSPS) is 19.8. The molecule has 2 aliphatic rings. The Morgan fingerprint density at radius 3 is 1.43 bits per heavy atom. The van der Waals surface area contributed by atoms with Crippen molar-refractivity contribution in [1.82, 2.24) is 0 Å². The minimum atomic E-state index is -1.67. The van der Waals surface area contributed by atoms with Crippen LogP contribution in [0.1, 0.15) is 64.2 Å². The summed E-state index contributed by atoms with van der Waals surface area (Å²) in [4.78, 5) is 0. The van der Waals surface area contributed by atoms with Crippen molar-refractivity contribution in [1.29, 1.82) is 0 Å². The molecule has 0 aromatic rings. The van der Waals surface area contributed by atoms with E-state index in [1.807, 2.05) is 0 Å². The van der Waals surface area contributed by atoms with Crippen LogP contribution in [0, 0.1) is 0 Å². The van der Waals surface area contributed by atoms with Gasteiger partial charge in [0.05, 0.1) is 0 Å². The highest BCUT2D eigenvalue weighted by Gasteiger charge is 2.09. The van der Waals surface area contributed by atoms with Crippen LogP contribution in [0.15, 0.2) is 23.3 Å². The zero-order chi connectivity index (χ0) is 15.3. The summed E-state index contributed by atoms with van der Waals surface area (Å²) in [5.41, 5.74) is 3.40. The Bertz CT molecular complexity index is 290. The Morgan fingerprint density at radius 2 is 1.10 bits per heavy atom. The number of hydrogen-bond acceptors (Lipinski definition) is 3. The van der Waals surface area contributed by atoms with Gasteiger partial charge in [0.15, 0.2) is 0 Å². The van der Waals surface area contributed by atoms with Gasteiger partial charge in [-0.25, -0.2) is 0 Å². The van der Waals surface area contributed by atoms with Crippen molar-refractivity contribution >= 4 is 9.53 Å². The Kier molecular flexibility index (Phi) is 10.8. The van der Waals surface area contributed by atoms with E-state index in [4.69, 9.17) is 13.3 Å². The zero-order valence-electron chi connectivity index (χ0n) is 14.0. The summed E-state index contributed by atoms with van der Waals surface area (Å²) < 4.78 is 14.2. The van der Waals surface area contributed by atoms with Gasteiger partial charge < -0.3 is 13.3 Å². The fourth-order valence-electron chi connectivity index (χ4n) is 2.90. The second-order valence-electron chi connectivity index (χ2n) is 5.65. The average molecular weight is 313 g/mol. The maximum absolute atomic E-state index is 4.74. The summed E-state index contributed by atoms with van der Waals surface area (Å²) >= 11 is 0. The Hall–Kier alpha value is -0.423. The van der Waals surface area contributed by atoms with Crippen LogP contribution in [0.3, 0.4) is 0 Å². The van der Waals surface area contributed by atoms with Crippen LogP contribution < -0.4 is 0 Å². The van der Waals surface area contributed by atoms with Gasteiger partial charge in [-0.2, -0.15) is 0 Å². The number of allylic oxidation sites excluding steroid dienone is 4. The molecule has 122 valence electrons. The van der Waals surface area contributed by atoms with Gasteiger partial charge in [-0.05, 0) is 62.5 Å². The summed E-state index contributed by atoms with van der Waals surface area (Å²) in [5, 5.41) is 0. The van der Waals surface area contributed by atoms with E-state index in [0.717, 1.165) is 0 Å². The third-order valence-corrected chi connectivity index (χ3v) is 5.23. The molecule has 0 aromatic heterocycles. The van der Waals surface area contributed by atoms with Crippen LogP contribution in [0.4, 0.5) is 0 Å². The molecule has 0 heterocycles. The molecule has 0 fully saturated rings. The summed E-state index contributed by atoms with van der Waals surface area (Å²) in [6.07, 6.45) is 18.9. The molecule has 3 nitrogen and oxygen atoms in total. The van der Waals surface area contributed by atoms with Crippen LogP contribution in [0.5, 0.6) is 0 Å². The maximum atomic E-state index is 4.74. The lowest BCUT2D eigenvalue weighted by Crippen LogP contribution is -2.21. The largest absolute Gasteiger partial charge is 0.483 e. The van der Waals surface area contributed by atoms with Crippen molar-refractivity contribution in [2.24, 2.45) is 0 Å². The molecular formula is C17H32O3Si. The van der Waals surface area contributed by atoms with Crippen LogP contribution in [-0.4, -0.2) is 30.9 Å². The first kappa shape index (κ1) is 18.6. The molecule has 0 N–H and O–H groups in total. The second kappa shape index (κ2) is 12.2. The molecule has 2 aliphatic carbocycles. The lowest BCUT2D eigenvalue weighted by Gasteiger charge is -2.09. The van der Waals surface area contributed by atoms with E-state index in [-0.39, 0.29) is 0 Å². The minimum Gasteiger partial charge on any atom is -0.379 e. The molecule has 0 aromatic carbocycles. The molecule has 2 rings (SSSR count). The molecule has 0 radical (unpaired) electrons. The molecule has 0 atom stereocenters. The van der Waals surface area contributed by atoms with Crippen LogP contribution in [0.2, 0.25) is 0 Å². The first-order chi connectivity index (χ1) is 10.3. The number of rotatable bonds is 4. The molecule has 4 heteroatoms. The van der Waals surface area contributed by atoms with Gasteiger partial charge in [-0.1, -0.05) is 25.0 Å². The maximum Gasteiger partial charge on any atom is 0.483 e. The lowest BCUT2D eigenvalue weighted by atomic mass is 9.97. The molecule has 0 spiro atoms. The fraction of sp³-hybridized carbons (Fsp3) is 0.765. The smallest absolute Gasteiger partial charge is 0.379 e. The van der Waals surface area contributed by atoms with Crippen LogP contribution in [-0.2, 0) is 13.3 Å². The van der Waals surface area contributed by atoms with Crippen molar-refractivity contribution in [3.63, 3.8) is 0 Å². The Labute approximate surface area is 132 Å². The van der Waals surface area contributed by atoms with Crippen molar-refractivity contribution in [3.8, 4) is 0 Å². The number of hydrogen-bond donors (Lipinski definition) is 0. The van der Waals surface area contributed by atoms with Crippen molar-refractivity contribution in [3.05, 3.63) is 23.3 Å². The van der Waals surface area contributed by atoms with Gasteiger partial charge in [-0.15, -0.1) is 0 Å². The van der Waals surface area contributed by atoms with Crippen LogP contribution in [0.25, 0.3) is 0 Å². The van der Waals surface area contributed by atoms with Crippen molar-refractivity contribution in [2.75, 3.05) is 21.3 Å². The molecule has 0 aliphatic heterocycles. The van der Waals surface area contributed by atoms with Gasteiger partial charge in [-0.3, -0.25) is 0 Å². The predicted octanol–water partition coefficient (Wildman–Crippen LogP) is 4.41. The van der Waals surface area contributed by atoms with Crippen molar-refractivity contribution < 1.29 is 13.3 Å². The standard InChI is InChI=1S/C14H22.C3H10O3Si/c1-2-6-10-13(9-5-1)14-11-7-3-4-8-12-14;1-4-7(5-2)6-3/h9,11H,1-8,10,12H2;7H,1-3H3. The summed E-state index contributed by atoms with van der Waals surface area (Å²) in [5.74, 6) is 0. The average Bonchev–Trinajstić information content (AvgIpc) is 2.94. The molecular weight excluding hydrogens is 280 g/mol. The van der Waals surface area contributed by atoms with Gasteiger partial charge >= 0.3 is 9.53 Å². The lowest BCUT2D eigenvalue weighted by molar-refractivity contribution is 0.163. The minimum absolute atomic E-state index is 1.33. The Balaban J connectivity index is 0.000000270. The monoisotopic (exact) mass is 312 g/mol.